The molecule has 1 N–H and O–H groups in total. The summed E-state index contributed by atoms with van der Waals surface area (Å²) in [7, 11) is -4.25. The Labute approximate surface area is 273 Å². The Morgan fingerprint density at radius 2 is 1.45 bits per heavy atom. The van der Waals surface area contributed by atoms with Crippen LogP contribution in [0.25, 0.3) is 0 Å². The fraction of sp³-hybridized carbons (Fsp3) is 0.212. The number of sulfonamides is 1. The van der Waals surface area contributed by atoms with Gasteiger partial charge in [-0.15, -0.1) is 0 Å². The lowest BCUT2D eigenvalue weighted by atomic mass is 10.0. The fourth-order valence-corrected chi connectivity index (χ4v) is 6.57. The van der Waals surface area contributed by atoms with E-state index in [1.807, 2.05) is 37.3 Å². The van der Waals surface area contributed by atoms with Gasteiger partial charge >= 0.3 is 0 Å². The van der Waals surface area contributed by atoms with Crippen LogP contribution in [0.15, 0.2) is 108 Å². The van der Waals surface area contributed by atoms with Crippen LogP contribution in [-0.2, 0) is 32.6 Å². The van der Waals surface area contributed by atoms with Gasteiger partial charge in [0, 0.05) is 24.5 Å². The quantitative estimate of drug-likeness (QED) is 0.166. The van der Waals surface area contributed by atoms with Crippen LogP contribution in [0.5, 0.6) is 0 Å². The predicted octanol–water partition coefficient (Wildman–Crippen LogP) is 7.01. The summed E-state index contributed by atoms with van der Waals surface area (Å²) in [4.78, 5) is 29.5. The van der Waals surface area contributed by atoms with E-state index in [-0.39, 0.29) is 39.5 Å². The summed E-state index contributed by atoms with van der Waals surface area (Å²) in [6.45, 7) is 1.76. The van der Waals surface area contributed by atoms with Gasteiger partial charge in [-0.25, -0.2) is 8.42 Å². The molecule has 4 aromatic rings. The van der Waals surface area contributed by atoms with Crippen molar-refractivity contribution >= 4 is 62.3 Å². The van der Waals surface area contributed by atoms with Gasteiger partial charge in [-0.05, 0) is 60.0 Å². The molecular formula is C33H32Cl3N3O4S. The van der Waals surface area contributed by atoms with Crippen molar-refractivity contribution in [2.75, 3.05) is 17.4 Å². The highest BCUT2D eigenvalue weighted by Crippen LogP contribution is 2.31. The molecular weight excluding hydrogens is 641 g/mol. The van der Waals surface area contributed by atoms with E-state index in [9.17, 15) is 18.0 Å². The van der Waals surface area contributed by atoms with E-state index >= 15 is 0 Å². The fourth-order valence-electron chi connectivity index (χ4n) is 4.64. The Morgan fingerprint density at radius 1 is 0.795 bits per heavy atom. The van der Waals surface area contributed by atoms with Crippen molar-refractivity contribution in [1.29, 1.82) is 0 Å². The van der Waals surface area contributed by atoms with E-state index in [4.69, 9.17) is 34.8 Å². The van der Waals surface area contributed by atoms with Crippen molar-refractivity contribution in [1.82, 2.24) is 10.2 Å². The first-order chi connectivity index (χ1) is 21.1. The molecule has 0 aromatic heterocycles. The zero-order chi connectivity index (χ0) is 31.7. The molecule has 2 amide bonds. The predicted molar refractivity (Wildman–Crippen MR) is 177 cm³/mol. The van der Waals surface area contributed by atoms with Crippen LogP contribution in [-0.4, -0.2) is 44.3 Å². The Hall–Kier alpha value is -3.56. The number of amides is 2. The van der Waals surface area contributed by atoms with Crippen LogP contribution < -0.4 is 9.62 Å². The van der Waals surface area contributed by atoms with Crippen LogP contribution in [0.1, 0.15) is 24.5 Å². The Morgan fingerprint density at radius 3 is 2.09 bits per heavy atom. The van der Waals surface area contributed by atoms with Gasteiger partial charge in [0.1, 0.15) is 12.6 Å². The molecule has 44 heavy (non-hydrogen) atoms. The first-order valence-corrected chi connectivity index (χ1v) is 16.6. The molecule has 0 radical (unpaired) electrons. The summed E-state index contributed by atoms with van der Waals surface area (Å²) < 4.78 is 29.0. The lowest BCUT2D eigenvalue weighted by molar-refractivity contribution is -0.140. The van der Waals surface area contributed by atoms with Crippen LogP contribution in [0.3, 0.4) is 0 Å². The van der Waals surface area contributed by atoms with Gasteiger partial charge < -0.3 is 10.2 Å². The van der Waals surface area contributed by atoms with Gasteiger partial charge in [0.25, 0.3) is 10.0 Å². The van der Waals surface area contributed by atoms with Gasteiger partial charge in [0.05, 0.1) is 20.6 Å². The van der Waals surface area contributed by atoms with E-state index in [0.29, 0.717) is 23.6 Å². The summed E-state index contributed by atoms with van der Waals surface area (Å²) in [6.07, 6.45) is 0.910. The number of anilines is 1. The highest BCUT2D eigenvalue weighted by molar-refractivity contribution is 7.92. The van der Waals surface area contributed by atoms with Crippen molar-refractivity contribution in [3.05, 3.63) is 129 Å². The number of benzene rings is 4. The molecule has 0 saturated heterocycles. The number of rotatable bonds is 13. The summed E-state index contributed by atoms with van der Waals surface area (Å²) >= 11 is 18.7. The van der Waals surface area contributed by atoms with E-state index in [1.54, 1.807) is 42.5 Å². The average molecular weight is 673 g/mol. The summed E-state index contributed by atoms with van der Waals surface area (Å²) in [5.41, 5.74) is 1.67. The molecule has 230 valence electrons. The van der Waals surface area contributed by atoms with Gasteiger partial charge in [0.15, 0.2) is 0 Å². The lowest BCUT2D eigenvalue weighted by Crippen LogP contribution is -2.53. The molecule has 0 spiro atoms. The zero-order valence-corrected chi connectivity index (χ0v) is 27.1. The number of nitrogens with one attached hydrogen (secondary N) is 1. The van der Waals surface area contributed by atoms with Crippen LogP contribution in [0.2, 0.25) is 15.1 Å². The normalized spacial score (nSPS) is 11.9. The minimum atomic E-state index is -4.25. The van der Waals surface area contributed by atoms with Crippen molar-refractivity contribution < 1.29 is 18.0 Å². The number of hydrogen-bond donors (Lipinski definition) is 1. The average Bonchev–Trinajstić information content (AvgIpc) is 3.02. The number of hydrogen-bond acceptors (Lipinski definition) is 4. The highest BCUT2D eigenvalue weighted by Gasteiger charge is 2.34. The molecule has 0 aliphatic rings. The first kappa shape index (κ1) is 33.3. The molecule has 0 aliphatic heterocycles. The SMILES string of the molecule is CCCNC(=O)C(Cc1ccccc1)N(Cc1cccc(Cl)c1)C(=O)CN(c1ccc(Cl)c(Cl)c1)S(=O)(=O)c1ccccc1. The largest absolute Gasteiger partial charge is 0.354 e. The molecule has 0 fully saturated rings. The maximum absolute atomic E-state index is 14.4. The summed E-state index contributed by atoms with van der Waals surface area (Å²) in [6, 6.07) is 27.5. The number of carbonyl (C=O) groups excluding carboxylic acids is 2. The second-order valence-corrected chi connectivity index (χ2v) is 13.2. The highest BCUT2D eigenvalue weighted by atomic mass is 35.5. The van der Waals surface area contributed by atoms with Crippen molar-refractivity contribution in [2.24, 2.45) is 0 Å². The molecule has 11 heteroatoms. The smallest absolute Gasteiger partial charge is 0.264 e. The molecule has 0 aliphatic carbocycles. The molecule has 4 aromatic carbocycles. The number of halogens is 3. The Bertz CT molecular complexity index is 1690. The second kappa shape index (κ2) is 15.4. The monoisotopic (exact) mass is 671 g/mol. The maximum Gasteiger partial charge on any atom is 0.264 e. The minimum absolute atomic E-state index is 0.0109. The van der Waals surface area contributed by atoms with Crippen molar-refractivity contribution in [2.45, 2.75) is 37.2 Å². The van der Waals surface area contributed by atoms with Crippen molar-refractivity contribution in [3.8, 4) is 0 Å². The topological polar surface area (TPSA) is 86.8 Å². The first-order valence-electron chi connectivity index (χ1n) is 14.0. The standard InChI is InChI=1S/C33H32Cl3N3O4S/c1-2-18-37-33(41)31(20-24-10-5-3-6-11-24)38(22-25-12-9-13-26(34)19-25)32(40)23-39(27-16-17-29(35)30(36)21-27)44(42,43)28-14-7-4-8-15-28/h3-17,19,21,31H,2,18,20,22-23H2,1H3,(H,37,41). The van der Waals surface area contributed by atoms with Gasteiger partial charge in [-0.2, -0.15) is 0 Å². The molecule has 0 bridgehead atoms. The third kappa shape index (κ3) is 8.54. The third-order valence-corrected chi connectivity index (χ3v) is 9.63. The molecule has 7 nitrogen and oxygen atoms in total. The van der Waals surface area contributed by atoms with Crippen LogP contribution in [0.4, 0.5) is 5.69 Å². The summed E-state index contributed by atoms with van der Waals surface area (Å²) in [5.74, 6) is -0.943. The van der Waals surface area contributed by atoms with E-state index < -0.39 is 28.5 Å². The second-order valence-electron chi connectivity index (χ2n) is 10.1. The van der Waals surface area contributed by atoms with Gasteiger partial charge in [0.2, 0.25) is 11.8 Å². The molecule has 1 atom stereocenters. The lowest BCUT2D eigenvalue weighted by Gasteiger charge is -2.34. The minimum Gasteiger partial charge on any atom is -0.354 e. The van der Waals surface area contributed by atoms with Gasteiger partial charge in [-0.3, -0.25) is 13.9 Å². The third-order valence-electron chi connectivity index (χ3n) is 6.86. The molecule has 0 saturated carbocycles. The van der Waals surface area contributed by atoms with Crippen LogP contribution in [0, 0.1) is 0 Å². The summed E-state index contributed by atoms with van der Waals surface area (Å²) in [5, 5.41) is 3.74. The molecule has 4 rings (SSSR count). The maximum atomic E-state index is 14.4. The van der Waals surface area contributed by atoms with E-state index in [2.05, 4.69) is 5.32 Å². The molecule has 0 heterocycles. The van der Waals surface area contributed by atoms with Gasteiger partial charge in [-0.1, -0.05) is 102 Å². The Balaban J connectivity index is 1.81. The van der Waals surface area contributed by atoms with E-state index in [1.165, 1.54) is 35.2 Å². The number of nitrogens with zero attached hydrogens (tertiary/aromatic N) is 2. The number of carbonyl (C=O) groups is 2. The van der Waals surface area contributed by atoms with E-state index in [0.717, 1.165) is 9.87 Å². The zero-order valence-electron chi connectivity index (χ0n) is 24.0. The molecule has 1 unspecified atom stereocenters. The van der Waals surface area contributed by atoms with Crippen molar-refractivity contribution in [3.63, 3.8) is 0 Å². The Kier molecular flexibility index (Phi) is 11.7. The van der Waals surface area contributed by atoms with Crippen LogP contribution >= 0.6 is 34.8 Å².